The van der Waals surface area contributed by atoms with Crippen molar-refractivity contribution in [1.29, 1.82) is 0 Å². The Hall–Kier alpha value is -1.48. The van der Waals surface area contributed by atoms with Crippen LogP contribution in [0.15, 0.2) is 60.7 Å². The van der Waals surface area contributed by atoms with E-state index in [1.165, 1.54) is 0 Å². The van der Waals surface area contributed by atoms with E-state index in [2.05, 4.69) is 50.8 Å². The Morgan fingerprint density at radius 3 is 1.94 bits per heavy atom. The van der Waals surface area contributed by atoms with Gasteiger partial charge in [-0.15, -0.1) is 0 Å². The highest BCUT2D eigenvalue weighted by Crippen LogP contribution is 2.12. The zero-order valence-corrected chi connectivity index (χ0v) is 11.0. The van der Waals surface area contributed by atoms with Crippen molar-refractivity contribution < 1.29 is 0 Å². The SMILES string of the molecule is BrC(CNc1ccccc1)Nc1ccccc1. The summed E-state index contributed by atoms with van der Waals surface area (Å²) in [5.41, 5.74) is 2.25. The highest BCUT2D eigenvalue weighted by molar-refractivity contribution is 9.09. The van der Waals surface area contributed by atoms with E-state index >= 15 is 0 Å². The van der Waals surface area contributed by atoms with Gasteiger partial charge in [-0.2, -0.15) is 0 Å². The van der Waals surface area contributed by atoms with Gasteiger partial charge in [-0.3, -0.25) is 0 Å². The van der Waals surface area contributed by atoms with Gasteiger partial charge in [-0.05, 0) is 24.3 Å². The summed E-state index contributed by atoms with van der Waals surface area (Å²) in [6.07, 6.45) is 0. The first-order valence-corrected chi connectivity index (χ1v) is 6.51. The number of hydrogen-bond donors (Lipinski definition) is 2. The number of nitrogens with one attached hydrogen (secondary N) is 2. The fourth-order valence-electron chi connectivity index (χ4n) is 1.53. The van der Waals surface area contributed by atoms with Crippen LogP contribution in [-0.4, -0.2) is 11.5 Å². The molecule has 0 aliphatic rings. The molecule has 0 amide bonds. The maximum Gasteiger partial charge on any atom is 0.0992 e. The van der Waals surface area contributed by atoms with Crippen LogP contribution in [0.2, 0.25) is 0 Å². The molecule has 3 heteroatoms. The number of benzene rings is 2. The third-order valence-corrected chi connectivity index (χ3v) is 2.91. The molecule has 2 N–H and O–H groups in total. The number of rotatable bonds is 5. The molecule has 0 aromatic heterocycles. The first-order chi connectivity index (χ1) is 8.34. The van der Waals surface area contributed by atoms with Gasteiger partial charge < -0.3 is 10.6 Å². The van der Waals surface area contributed by atoms with Crippen LogP contribution in [0.5, 0.6) is 0 Å². The Kier molecular flexibility index (Phi) is 4.45. The van der Waals surface area contributed by atoms with E-state index in [0.717, 1.165) is 17.9 Å². The second-order valence-electron chi connectivity index (χ2n) is 3.72. The van der Waals surface area contributed by atoms with E-state index in [4.69, 9.17) is 0 Å². The van der Waals surface area contributed by atoms with Crippen LogP contribution < -0.4 is 10.6 Å². The van der Waals surface area contributed by atoms with Crippen molar-refractivity contribution in [3.63, 3.8) is 0 Å². The molecule has 1 unspecified atom stereocenters. The van der Waals surface area contributed by atoms with E-state index in [9.17, 15) is 0 Å². The van der Waals surface area contributed by atoms with E-state index in [1.807, 2.05) is 36.4 Å². The predicted molar refractivity (Wildman–Crippen MR) is 77.7 cm³/mol. The minimum atomic E-state index is 0.199. The largest absolute Gasteiger partial charge is 0.382 e. The number of hydrogen-bond acceptors (Lipinski definition) is 2. The van der Waals surface area contributed by atoms with Crippen molar-refractivity contribution >= 4 is 27.3 Å². The van der Waals surface area contributed by atoms with Crippen molar-refractivity contribution in [3.8, 4) is 0 Å². The standard InChI is InChI=1S/C14H15BrN2/c15-14(17-13-9-5-2-6-10-13)11-16-12-7-3-1-4-8-12/h1-10,14,16-17H,11H2. The molecular formula is C14H15BrN2. The van der Waals surface area contributed by atoms with Crippen LogP contribution in [0.4, 0.5) is 11.4 Å². The Bertz CT molecular complexity index is 430. The molecule has 2 rings (SSSR count). The first-order valence-electron chi connectivity index (χ1n) is 5.59. The van der Waals surface area contributed by atoms with E-state index in [-0.39, 0.29) is 4.95 Å². The van der Waals surface area contributed by atoms with E-state index in [1.54, 1.807) is 0 Å². The Morgan fingerprint density at radius 2 is 1.35 bits per heavy atom. The summed E-state index contributed by atoms with van der Waals surface area (Å²) < 4.78 is 0. The van der Waals surface area contributed by atoms with Crippen molar-refractivity contribution in [2.24, 2.45) is 0 Å². The van der Waals surface area contributed by atoms with Crippen LogP contribution in [0, 0.1) is 0 Å². The third-order valence-electron chi connectivity index (χ3n) is 2.36. The fraction of sp³-hybridized carbons (Fsp3) is 0.143. The van der Waals surface area contributed by atoms with Gasteiger partial charge in [0.05, 0.1) is 4.95 Å². The Labute approximate surface area is 110 Å². The van der Waals surface area contributed by atoms with Crippen molar-refractivity contribution in [2.45, 2.75) is 4.95 Å². The molecule has 17 heavy (non-hydrogen) atoms. The predicted octanol–water partition coefficient (Wildman–Crippen LogP) is 3.93. The lowest BCUT2D eigenvalue weighted by Gasteiger charge is -2.15. The van der Waals surface area contributed by atoms with Gasteiger partial charge in [0.2, 0.25) is 0 Å². The second kappa shape index (κ2) is 6.30. The summed E-state index contributed by atoms with van der Waals surface area (Å²) in [6.45, 7) is 0.818. The zero-order chi connectivity index (χ0) is 11.9. The van der Waals surface area contributed by atoms with Crippen LogP contribution in [0.3, 0.4) is 0 Å². The summed E-state index contributed by atoms with van der Waals surface area (Å²) in [4.78, 5) is 0.199. The van der Waals surface area contributed by atoms with E-state index < -0.39 is 0 Å². The maximum atomic E-state index is 3.60. The Balaban J connectivity index is 1.80. The molecular weight excluding hydrogens is 276 g/mol. The average molecular weight is 291 g/mol. The molecule has 0 heterocycles. The third kappa shape index (κ3) is 4.11. The Morgan fingerprint density at radius 1 is 0.824 bits per heavy atom. The minimum absolute atomic E-state index is 0.199. The van der Waals surface area contributed by atoms with Crippen molar-refractivity contribution in [1.82, 2.24) is 0 Å². The summed E-state index contributed by atoms with van der Waals surface area (Å²) in [7, 11) is 0. The topological polar surface area (TPSA) is 24.1 Å². The lowest BCUT2D eigenvalue weighted by atomic mass is 10.3. The molecule has 1 atom stereocenters. The fourth-order valence-corrected chi connectivity index (χ4v) is 1.96. The smallest absolute Gasteiger partial charge is 0.0992 e. The molecule has 0 aliphatic heterocycles. The second-order valence-corrected chi connectivity index (χ2v) is 4.83. The molecule has 0 fully saturated rings. The van der Waals surface area contributed by atoms with Gasteiger partial charge in [-0.25, -0.2) is 0 Å². The van der Waals surface area contributed by atoms with Gasteiger partial charge in [0.25, 0.3) is 0 Å². The monoisotopic (exact) mass is 290 g/mol. The van der Waals surface area contributed by atoms with Crippen molar-refractivity contribution in [3.05, 3.63) is 60.7 Å². The zero-order valence-electron chi connectivity index (χ0n) is 9.44. The summed E-state index contributed by atoms with van der Waals surface area (Å²) in [5, 5.41) is 6.72. The number of alkyl halides is 1. The quantitative estimate of drug-likeness (QED) is 0.644. The van der Waals surface area contributed by atoms with Crippen LogP contribution in [-0.2, 0) is 0 Å². The lowest BCUT2D eigenvalue weighted by Crippen LogP contribution is -2.21. The van der Waals surface area contributed by atoms with Gasteiger partial charge in [0.1, 0.15) is 0 Å². The molecule has 0 spiro atoms. The molecule has 0 bridgehead atoms. The molecule has 88 valence electrons. The average Bonchev–Trinajstić information content (AvgIpc) is 2.39. The molecule has 0 radical (unpaired) electrons. The van der Waals surface area contributed by atoms with Crippen LogP contribution in [0.1, 0.15) is 0 Å². The van der Waals surface area contributed by atoms with Crippen molar-refractivity contribution in [2.75, 3.05) is 17.2 Å². The number of anilines is 2. The van der Waals surface area contributed by atoms with Gasteiger partial charge in [-0.1, -0.05) is 52.3 Å². The van der Waals surface area contributed by atoms with Gasteiger partial charge in [0, 0.05) is 17.9 Å². The number of halogens is 1. The molecule has 2 nitrogen and oxygen atoms in total. The number of para-hydroxylation sites is 2. The first kappa shape index (κ1) is 12.0. The van der Waals surface area contributed by atoms with E-state index in [0.29, 0.717) is 0 Å². The van der Waals surface area contributed by atoms with Gasteiger partial charge in [0.15, 0.2) is 0 Å². The molecule has 2 aromatic rings. The minimum Gasteiger partial charge on any atom is -0.382 e. The molecule has 0 aliphatic carbocycles. The normalized spacial score (nSPS) is 11.8. The summed E-state index contributed by atoms with van der Waals surface area (Å²) in [5.74, 6) is 0. The van der Waals surface area contributed by atoms with Gasteiger partial charge >= 0.3 is 0 Å². The van der Waals surface area contributed by atoms with Crippen LogP contribution >= 0.6 is 15.9 Å². The molecule has 0 saturated carbocycles. The van der Waals surface area contributed by atoms with Crippen LogP contribution in [0.25, 0.3) is 0 Å². The molecule has 0 saturated heterocycles. The summed E-state index contributed by atoms with van der Waals surface area (Å²) in [6, 6.07) is 20.3. The summed E-state index contributed by atoms with van der Waals surface area (Å²) >= 11 is 3.60. The lowest BCUT2D eigenvalue weighted by molar-refractivity contribution is 1.03. The molecule has 2 aromatic carbocycles. The maximum absolute atomic E-state index is 3.60. The highest BCUT2D eigenvalue weighted by atomic mass is 79.9. The highest BCUT2D eigenvalue weighted by Gasteiger charge is 2.02.